The van der Waals surface area contributed by atoms with E-state index in [9.17, 15) is 18.4 Å². The van der Waals surface area contributed by atoms with E-state index in [0.29, 0.717) is 5.56 Å². The highest BCUT2D eigenvalue weighted by Gasteiger charge is 2.38. The lowest BCUT2D eigenvalue weighted by atomic mass is 10.0. The Bertz CT molecular complexity index is 664. The Balaban J connectivity index is 2.08. The smallest absolute Gasteiger partial charge is 0.410 e. The number of carbonyl (C=O) groups excluding carboxylic acids is 2. The normalized spacial score (nSPS) is 20.3. The van der Waals surface area contributed by atoms with Crippen LogP contribution in [0.4, 0.5) is 13.6 Å². The van der Waals surface area contributed by atoms with Gasteiger partial charge in [0.1, 0.15) is 23.5 Å². The van der Waals surface area contributed by atoms with Gasteiger partial charge in [-0.3, -0.25) is 4.79 Å². The number of halogens is 3. The molecule has 1 heterocycles. The average molecular weight is 403 g/mol. The highest BCUT2D eigenvalue weighted by atomic mass is 35.5. The molecule has 0 aromatic heterocycles. The summed E-state index contributed by atoms with van der Waals surface area (Å²) in [7, 11) is 0. The Kier molecular flexibility index (Phi) is 7.03. The van der Waals surface area contributed by atoms with Gasteiger partial charge in [-0.05, 0) is 44.9 Å². The molecule has 0 spiro atoms. The van der Waals surface area contributed by atoms with Gasteiger partial charge in [-0.2, -0.15) is 0 Å². The van der Waals surface area contributed by atoms with Crippen LogP contribution in [0.2, 0.25) is 0 Å². The van der Waals surface area contributed by atoms with Crippen LogP contribution in [0, 0.1) is 5.82 Å². The Hall–Kier alpha value is -1.89. The van der Waals surface area contributed by atoms with Crippen molar-refractivity contribution in [1.82, 2.24) is 9.80 Å². The van der Waals surface area contributed by atoms with Crippen LogP contribution in [0.25, 0.3) is 0 Å². The maximum atomic E-state index is 14.9. The molecule has 2 atom stereocenters. The number of alkyl halides is 2. The molecule has 1 saturated heterocycles. The summed E-state index contributed by atoms with van der Waals surface area (Å²) in [6, 6.07) is 4.97. The van der Waals surface area contributed by atoms with Crippen LogP contribution < -0.4 is 0 Å². The van der Waals surface area contributed by atoms with E-state index in [1.807, 2.05) is 0 Å². The number of rotatable bonds is 4. The molecule has 1 aromatic carbocycles. The molecule has 27 heavy (non-hydrogen) atoms. The first-order chi connectivity index (χ1) is 12.6. The van der Waals surface area contributed by atoms with Crippen LogP contribution in [0.1, 0.15) is 32.8 Å². The quantitative estimate of drug-likeness (QED) is 0.721. The number of piperidine rings is 1. The summed E-state index contributed by atoms with van der Waals surface area (Å²) in [5.41, 5.74) is 0.0137. The highest BCUT2D eigenvalue weighted by Crippen LogP contribution is 2.24. The van der Waals surface area contributed by atoms with Crippen molar-refractivity contribution in [2.75, 3.05) is 19.0 Å². The van der Waals surface area contributed by atoms with Gasteiger partial charge in [0.2, 0.25) is 5.91 Å². The average Bonchev–Trinajstić information content (AvgIpc) is 2.59. The third-order valence-corrected chi connectivity index (χ3v) is 4.49. The fourth-order valence-electron chi connectivity index (χ4n) is 2.99. The lowest BCUT2D eigenvalue weighted by molar-refractivity contribution is -0.134. The molecule has 1 aliphatic heterocycles. The van der Waals surface area contributed by atoms with Crippen LogP contribution in [0.5, 0.6) is 0 Å². The molecule has 0 aliphatic carbocycles. The van der Waals surface area contributed by atoms with Crippen molar-refractivity contribution in [3.63, 3.8) is 0 Å². The van der Waals surface area contributed by atoms with E-state index in [4.69, 9.17) is 16.3 Å². The van der Waals surface area contributed by atoms with Crippen molar-refractivity contribution in [3.05, 3.63) is 35.6 Å². The van der Waals surface area contributed by atoms with Gasteiger partial charge in [-0.1, -0.05) is 12.1 Å². The predicted molar refractivity (Wildman–Crippen MR) is 98.8 cm³/mol. The molecule has 0 bridgehead atoms. The first-order valence-corrected chi connectivity index (χ1v) is 9.36. The number of ether oxygens (including phenoxy) is 1. The number of likely N-dealkylation sites (tertiary alicyclic amines) is 1. The number of hydrogen-bond donors (Lipinski definition) is 0. The summed E-state index contributed by atoms with van der Waals surface area (Å²) >= 11 is 5.70. The summed E-state index contributed by atoms with van der Waals surface area (Å²) in [5.74, 6) is -1.07. The third-order valence-electron chi connectivity index (χ3n) is 4.26. The maximum Gasteiger partial charge on any atom is 0.410 e. The number of carbonyl (C=O) groups is 2. The summed E-state index contributed by atoms with van der Waals surface area (Å²) in [6.07, 6.45) is -1.74. The highest BCUT2D eigenvalue weighted by molar-refractivity contribution is 6.27. The number of benzene rings is 1. The lowest BCUT2D eigenvalue weighted by Crippen LogP contribution is -2.55. The van der Waals surface area contributed by atoms with Crippen molar-refractivity contribution in [2.45, 2.75) is 51.6 Å². The molecule has 0 N–H and O–H groups in total. The minimum Gasteiger partial charge on any atom is -0.444 e. The van der Waals surface area contributed by atoms with E-state index >= 15 is 0 Å². The van der Waals surface area contributed by atoms with Gasteiger partial charge in [0, 0.05) is 13.1 Å². The molecule has 1 aliphatic rings. The fourth-order valence-corrected chi connectivity index (χ4v) is 3.14. The summed E-state index contributed by atoms with van der Waals surface area (Å²) in [5, 5.41) is 0. The van der Waals surface area contributed by atoms with Gasteiger partial charge >= 0.3 is 6.09 Å². The molecule has 2 rings (SSSR count). The van der Waals surface area contributed by atoms with Crippen LogP contribution in [-0.2, 0) is 16.1 Å². The minimum atomic E-state index is -1.43. The van der Waals surface area contributed by atoms with E-state index in [0.717, 1.165) is 0 Å². The molecule has 0 unspecified atom stereocenters. The number of nitrogens with zero attached hydrogens (tertiary/aromatic N) is 2. The Labute approximate surface area is 163 Å². The lowest BCUT2D eigenvalue weighted by Gasteiger charge is -2.40. The molecular weight excluding hydrogens is 378 g/mol. The Morgan fingerprint density at radius 1 is 1.30 bits per heavy atom. The van der Waals surface area contributed by atoms with Crippen LogP contribution in [0.15, 0.2) is 24.3 Å². The van der Waals surface area contributed by atoms with E-state index in [-0.39, 0.29) is 37.8 Å². The largest absolute Gasteiger partial charge is 0.444 e. The van der Waals surface area contributed by atoms with Crippen molar-refractivity contribution in [1.29, 1.82) is 0 Å². The van der Waals surface area contributed by atoms with Crippen molar-refractivity contribution in [2.24, 2.45) is 0 Å². The minimum absolute atomic E-state index is 0.128. The predicted octanol–water partition coefficient (Wildman–Crippen LogP) is 3.74. The molecular formula is C19H25ClF2N2O3. The first kappa shape index (κ1) is 21.4. The zero-order chi connectivity index (χ0) is 20.2. The van der Waals surface area contributed by atoms with Crippen molar-refractivity contribution >= 4 is 23.6 Å². The van der Waals surface area contributed by atoms with Gasteiger partial charge in [-0.15, -0.1) is 11.6 Å². The molecule has 1 fully saturated rings. The summed E-state index contributed by atoms with van der Waals surface area (Å²) in [4.78, 5) is 27.1. The van der Waals surface area contributed by atoms with Gasteiger partial charge in [-0.25, -0.2) is 13.6 Å². The number of hydrogen-bond acceptors (Lipinski definition) is 3. The van der Waals surface area contributed by atoms with E-state index in [2.05, 4.69) is 0 Å². The van der Waals surface area contributed by atoms with Crippen molar-refractivity contribution in [3.8, 4) is 0 Å². The van der Waals surface area contributed by atoms with E-state index < -0.39 is 29.8 Å². The summed E-state index contributed by atoms with van der Waals surface area (Å²) < 4.78 is 33.2. The van der Waals surface area contributed by atoms with Gasteiger partial charge in [0.15, 0.2) is 0 Å². The monoisotopic (exact) mass is 402 g/mol. The maximum absolute atomic E-state index is 14.9. The van der Waals surface area contributed by atoms with Crippen molar-refractivity contribution < 1.29 is 23.1 Å². The Morgan fingerprint density at radius 3 is 2.44 bits per heavy atom. The SMILES string of the molecule is CC(C)(C)OC(=O)N1CC[C@@H](N(Cc2ccc(F)cc2)C(=O)CCl)[C@@H](F)C1. The van der Waals surface area contributed by atoms with Gasteiger partial charge in [0.05, 0.1) is 12.6 Å². The second kappa shape index (κ2) is 8.87. The number of amides is 2. The zero-order valence-electron chi connectivity index (χ0n) is 15.8. The molecule has 2 amide bonds. The fraction of sp³-hybridized carbons (Fsp3) is 0.579. The second-order valence-electron chi connectivity index (χ2n) is 7.58. The van der Waals surface area contributed by atoms with Gasteiger partial charge in [0.25, 0.3) is 0 Å². The van der Waals surface area contributed by atoms with E-state index in [1.165, 1.54) is 21.9 Å². The topological polar surface area (TPSA) is 49.9 Å². The molecule has 0 saturated carbocycles. The Morgan fingerprint density at radius 2 is 1.93 bits per heavy atom. The molecule has 1 aromatic rings. The van der Waals surface area contributed by atoms with Crippen LogP contribution in [0.3, 0.4) is 0 Å². The van der Waals surface area contributed by atoms with Crippen LogP contribution >= 0.6 is 11.6 Å². The second-order valence-corrected chi connectivity index (χ2v) is 7.85. The van der Waals surface area contributed by atoms with Crippen LogP contribution in [-0.4, -0.2) is 58.6 Å². The standard InChI is InChI=1S/C19H25ClF2N2O3/c1-19(2,3)27-18(26)23-9-8-16(15(22)12-23)24(17(25)10-20)11-13-4-6-14(21)7-5-13/h4-7,15-16H,8-12H2,1-3H3/t15-,16+/m0/s1. The summed E-state index contributed by atoms with van der Waals surface area (Å²) in [6.45, 7) is 5.48. The molecule has 150 valence electrons. The first-order valence-electron chi connectivity index (χ1n) is 8.82. The molecule has 8 heteroatoms. The molecule has 0 radical (unpaired) electrons. The van der Waals surface area contributed by atoms with E-state index in [1.54, 1.807) is 32.9 Å². The molecule has 5 nitrogen and oxygen atoms in total. The zero-order valence-corrected chi connectivity index (χ0v) is 16.5. The van der Waals surface area contributed by atoms with Gasteiger partial charge < -0.3 is 14.5 Å². The third kappa shape index (κ3) is 6.06.